The summed E-state index contributed by atoms with van der Waals surface area (Å²) in [5, 5.41) is 0. The normalized spacial score (nSPS) is 2.67. The maximum Gasteiger partial charge on any atom is 2.00 e. The second-order valence-electron chi connectivity index (χ2n) is 0.283. The fourth-order valence-corrected chi connectivity index (χ4v) is 0. The van der Waals surface area contributed by atoms with Gasteiger partial charge in [-0.2, -0.15) is 0 Å². The van der Waals surface area contributed by atoms with Gasteiger partial charge in [-0.3, -0.25) is 4.46 Å². The summed E-state index contributed by atoms with van der Waals surface area (Å²) < 4.78 is 8.74. The van der Waals surface area contributed by atoms with Crippen molar-refractivity contribution < 1.29 is 97.4 Å². The number of rotatable bonds is 0. The first-order valence-corrected chi connectivity index (χ1v) is 1.95. The molecular weight excluding hydrogens is 354 g/mol. The molecule has 9 heavy (non-hydrogen) atoms. The Morgan fingerprint density at radius 3 is 1.00 bits per heavy atom. The van der Waals surface area contributed by atoms with E-state index in [1.54, 1.807) is 0 Å². The van der Waals surface area contributed by atoms with Crippen LogP contribution in [-0.2, 0) is 87.9 Å². The summed E-state index contributed by atoms with van der Waals surface area (Å²) in [7, 11) is -3.13. The van der Waals surface area contributed by atoms with Crippen molar-refractivity contribution in [3.63, 3.8) is 0 Å². The van der Waals surface area contributed by atoms with Crippen LogP contribution in [0.3, 0.4) is 0 Å². The van der Waals surface area contributed by atoms with Crippen molar-refractivity contribution in [3.8, 4) is 0 Å². The second-order valence-corrected chi connectivity index (χ2v) is 0.848. The van der Waals surface area contributed by atoms with Crippen molar-refractivity contribution in [1.29, 1.82) is 0 Å². The molecule has 36 valence electrons. The van der Waals surface area contributed by atoms with Gasteiger partial charge < -0.3 is 15.1 Å². The molecule has 0 aromatic carbocycles. The molecule has 0 saturated carbocycles. The van der Waals surface area contributed by atoms with Gasteiger partial charge in [-0.05, 0) is 0 Å². The maximum atomic E-state index is 8.74. The van der Waals surface area contributed by atoms with E-state index in [1.165, 1.54) is 0 Å². The van der Waals surface area contributed by atoms with Gasteiger partial charge in [-0.1, -0.05) is 0 Å². The predicted octanol–water partition coefficient (Wildman–Crippen LogP) is -1.74. The van der Waals surface area contributed by atoms with Gasteiger partial charge in [0.1, 0.15) is 0 Å². The van der Waals surface area contributed by atoms with Gasteiger partial charge in [0.2, 0.25) is 0 Å². The van der Waals surface area contributed by atoms with Crippen molar-refractivity contribution in [2.24, 2.45) is 0 Å². The van der Waals surface area contributed by atoms with Crippen LogP contribution < -0.4 is 0 Å². The average molecular weight is 356 g/mol. The van der Waals surface area contributed by atoms with Gasteiger partial charge in [0.15, 0.2) is 0 Å². The summed E-state index contributed by atoms with van der Waals surface area (Å²) in [5.41, 5.74) is 0. The SMILES string of the molecule is O=[Si](O)O.[O-2].[Zn+2].[Zn+2].[Zn].[Zn]. The van der Waals surface area contributed by atoms with Crippen molar-refractivity contribution in [2.45, 2.75) is 0 Å². The van der Waals surface area contributed by atoms with Crippen LogP contribution in [0.1, 0.15) is 0 Å². The first kappa shape index (κ1) is 43.7. The number of hydrogen-bond acceptors (Lipinski definition) is 1. The van der Waals surface area contributed by atoms with Gasteiger partial charge >= 0.3 is 48.1 Å². The molecule has 0 aliphatic heterocycles. The van der Waals surface area contributed by atoms with E-state index in [1.807, 2.05) is 0 Å². The molecule has 0 spiro atoms. The van der Waals surface area contributed by atoms with Crippen LogP contribution in [-0.4, -0.2) is 18.8 Å². The zero-order chi connectivity index (χ0) is 3.58. The molecular formula is H2O4SiZn4+2. The van der Waals surface area contributed by atoms with Crippen LogP contribution >= 0.6 is 0 Å². The minimum atomic E-state index is -3.13. The van der Waals surface area contributed by atoms with Crippen molar-refractivity contribution in [1.82, 2.24) is 0 Å². The van der Waals surface area contributed by atoms with Gasteiger partial charge in [0.25, 0.3) is 0 Å². The summed E-state index contributed by atoms with van der Waals surface area (Å²) in [6.45, 7) is 0. The Morgan fingerprint density at radius 1 is 1.00 bits per heavy atom. The molecule has 0 rings (SSSR count). The van der Waals surface area contributed by atoms with Gasteiger partial charge in [0.05, 0.1) is 0 Å². The van der Waals surface area contributed by atoms with Gasteiger partial charge in [-0.15, -0.1) is 0 Å². The Labute approximate surface area is 105 Å². The molecule has 0 heterocycles. The molecule has 0 aliphatic rings. The van der Waals surface area contributed by atoms with Crippen LogP contribution in [0.15, 0.2) is 0 Å². The van der Waals surface area contributed by atoms with Crippen LogP contribution in [0.4, 0.5) is 0 Å². The molecule has 0 bridgehead atoms. The van der Waals surface area contributed by atoms with Crippen molar-refractivity contribution in [2.75, 3.05) is 0 Å². The van der Waals surface area contributed by atoms with Crippen LogP contribution in [0, 0.1) is 0 Å². The summed E-state index contributed by atoms with van der Waals surface area (Å²) in [5.74, 6) is 0. The van der Waals surface area contributed by atoms with E-state index in [0.717, 1.165) is 0 Å². The molecule has 2 N–H and O–H groups in total. The summed E-state index contributed by atoms with van der Waals surface area (Å²) >= 11 is 0. The largest absolute Gasteiger partial charge is 2.00 e. The van der Waals surface area contributed by atoms with Crippen LogP contribution in [0.5, 0.6) is 0 Å². The van der Waals surface area contributed by atoms with E-state index in [2.05, 4.69) is 0 Å². The molecule has 0 radical (unpaired) electrons. The Morgan fingerprint density at radius 2 is 1.00 bits per heavy atom. The molecule has 0 unspecified atom stereocenters. The smallest absolute Gasteiger partial charge is 2.00 e. The molecule has 0 fully saturated rings. The topological polar surface area (TPSA) is 86.0 Å². The van der Waals surface area contributed by atoms with Crippen molar-refractivity contribution >= 4 is 9.17 Å². The van der Waals surface area contributed by atoms with Crippen LogP contribution in [0.2, 0.25) is 0 Å². The summed E-state index contributed by atoms with van der Waals surface area (Å²) in [6, 6.07) is 0. The minimum Gasteiger partial charge on any atom is -2.00 e. The fraction of sp³-hybridized carbons (Fsp3) is 0. The van der Waals surface area contributed by atoms with E-state index >= 15 is 0 Å². The number of hydrogen-bond donors (Lipinski definition) is 2. The molecule has 0 saturated heterocycles. The Hall–Kier alpha value is 2.07. The maximum absolute atomic E-state index is 8.74. The third-order valence-electron chi connectivity index (χ3n) is 0. The third kappa shape index (κ3) is 153. The molecule has 9 heteroatoms. The third-order valence-corrected chi connectivity index (χ3v) is 0. The first-order chi connectivity index (χ1) is 1.73. The average Bonchev–Trinajstić information content (AvgIpc) is 0.811. The Balaban J connectivity index is -0.00000000450. The Kier molecular flexibility index (Phi) is 156. The molecule has 0 aromatic heterocycles. The van der Waals surface area contributed by atoms with Crippen LogP contribution in [0.25, 0.3) is 0 Å². The van der Waals surface area contributed by atoms with E-state index < -0.39 is 9.17 Å². The predicted molar refractivity (Wildman–Crippen MR) is 11.6 cm³/mol. The zero-order valence-electron chi connectivity index (χ0n) is 5.04. The van der Waals surface area contributed by atoms with Gasteiger partial charge in [-0.25, -0.2) is 0 Å². The summed E-state index contributed by atoms with van der Waals surface area (Å²) in [4.78, 5) is 14.3. The summed E-state index contributed by atoms with van der Waals surface area (Å²) in [6.07, 6.45) is 0. The fourth-order valence-electron chi connectivity index (χ4n) is 0. The molecule has 4 nitrogen and oxygen atoms in total. The first-order valence-electron chi connectivity index (χ1n) is 0.651. The molecule has 0 amide bonds. The standard InChI is InChI=1S/H2O3Si.O.4Zn/c1-4(2)3;;;;;/h1-2H;;;;;/q;-2;;;2*+2. The Bertz CT molecular complexity index is 35.5. The molecule has 0 aromatic rings. The second kappa shape index (κ2) is 32.2. The minimum absolute atomic E-state index is 0. The van der Waals surface area contributed by atoms with Crippen molar-refractivity contribution in [3.05, 3.63) is 0 Å². The van der Waals surface area contributed by atoms with E-state index in [0.29, 0.717) is 0 Å². The van der Waals surface area contributed by atoms with E-state index in [9.17, 15) is 0 Å². The molecule has 0 aliphatic carbocycles. The van der Waals surface area contributed by atoms with Gasteiger partial charge in [0, 0.05) is 39.0 Å². The van der Waals surface area contributed by atoms with E-state index in [-0.39, 0.29) is 83.4 Å². The zero-order valence-corrected chi connectivity index (χ0v) is 17.9. The van der Waals surface area contributed by atoms with E-state index in [4.69, 9.17) is 14.1 Å². The molecule has 0 atom stereocenters. The monoisotopic (exact) mass is 350 g/mol. The quantitative estimate of drug-likeness (QED) is 0.506.